The summed E-state index contributed by atoms with van der Waals surface area (Å²) in [5.74, 6) is 0.161. The average molecular weight is 587 g/mol. The van der Waals surface area contributed by atoms with E-state index in [2.05, 4.69) is 35.9 Å². The number of hydrogen-bond donors (Lipinski definition) is 1. The molecule has 0 unspecified atom stereocenters. The summed E-state index contributed by atoms with van der Waals surface area (Å²) in [5, 5.41) is 12.0. The number of thioether (sulfide) groups is 1. The van der Waals surface area contributed by atoms with E-state index in [9.17, 15) is 14.4 Å². The van der Waals surface area contributed by atoms with Crippen molar-refractivity contribution in [2.24, 2.45) is 0 Å². The van der Waals surface area contributed by atoms with Gasteiger partial charge in [-0.2, -0.15) is 0 Å². The van der Waals surface area contributed by atoms with E-state index < -0.39 is 11.9 Å². The van der Waals surface area contributed by atoms with Crippen molar-refractivity contribution in [1.82, 2.24) is 14.8 Å². The monoisotopic (exact) mass is 586 g/mol. The van der Waals surface area contributed by atoms with Crippen LogP contribution in [0.15, 0.2) is 42.1 Å². The van der Waals surface area contributed by atoms with E-state index in [0.29, 0.717) is 29.0 Å². The van der Waals surface area contributed by atoms with Gasteiger partial charge in [0, 0.05) is 6.54 Å². The highest BCUT2D eigenvalue weighted by atomic mass is 32.2. The lowest BCUT2D eigenvalue weighted by Crippen LogP contribution is -2.17. The Morgan fingerprint density at radius 2 is 1.77 bits per heavy atom. The number of benzene rings is 1. The van der Waals surface area contributed by atoms with Crippen LogP contribution >= 0.6 is 23.1 Å². The van der Waals surface area contributed by atoms with Gasteiger partial charge in [0.2, 0.25) is 5.91 Å². The lowest BCUT2D eigenvalue weighted by molar-refractivity contribution is -0.113. The van der Waals surface area contributed by atoms with Crippen LogP contribution in [0.25, 0.3) is 0 Å². The van der Waals surface area contributed by atoms with E-state index in [1.165, 1.54) is 17.3 Å². The van der Waals surface area contributed by atoms with Crippen LogP contribution in [0.5, 0.6) is 5.75 Å². The summed E-state index contributed by atoms with van der Waals surface area (Å²) < 4.78 is 18.0. The fourth-order valence-electron chi connectivity index (χ4n) is 3.68. The highest BCUT2D eigenvalue weighted by molar-refractivity contribution is 7.99. The number of ether oxygens (including phenoxy) is 3. The maximum atomic E-state index is 12.9. The molecule has 40 heavy (non-hydrogen) atoms. The number of nitrogens with zero attached hydrogens (tertiary/aromatic N) is 3. The average Bonchev–Trinajstić information content (AvgIpc) is 3.46. The van der Waals surface area contributed by atoms with E-state index in [1.54, 1.807) is 26.8 Å². The van der Waals surface area contributed by atoms with E-state index in [-0.39, 0.29) is 46.9 Å². The molecule has 1 aromatic carbocycles. The van der Waals surface area contributed by atoms with E-state index >= 15 is 0 Å². The molecule has 0 saturated heterocycles. The summed E-state index contributed by atoms with van der Waals surface area (Å²) in [5.41, 5.74) is 1.77. The van der Waals surface area contributed by atoms with Crippen molar-refractivity contribution >= 4 is 45.9 Å². The molecule has 0 fully saturated rings. The standard InChI is InChI=1S/C28H34N4O6S2/c1-7-14-32-21(15-38-20-12-10-19(11-13-20)17(4)5)30-31-28(32)39-16-22(33)29-25-23(26(34)36-8-2)18(6)24(40-25)27(35)37-9-3/h7,10-13,17H,1,8-9,14-16H2,2-6H3,(H,29,33). The molecule has 2 aromatic heterocycles. The van der Waals surface area contributed by atoms with Gasteiger partial charge in [0.05, 0.1) is 24.5 Å². The molecule has 0 aliphatic heterocycles. The maximum absolute atomic E-state index is 12.9. The van der Waals surface area contributed by atoms with E-state index in [4.69, 9.17) is 14.2 Å². The Kier molecular flexibility index (Phi) is 11.3. The molecular formula is C28H34N4O6S2. The summed E-state index contributed by atoms with van der Waals surface area (Å²) in [6, 6.07) is 7.92. The molecule has 0 saturated carbocycles. The number of thiophene rings is 1. The molecule has 1 N–H and O–H groups in total. The van der Waals surface area contributed by atoms with Gasteiger partial charge < -0.3 is 19.5 Å². The Labute approximate surface area is 242 Å². The summed E-state index contributed by atoms with van der Waals surface area (Å²) in [4.78, 5) is 38.1. The van der Waals surface area contributed by atoms with Crippen LogP contribution in [0.1, 0.15) is 70.6 Å². The van der Waals surface area contributed by atoms with Crippen LogP contribution in [0.4, 0.5) is 5.00 Å². The van der Waals surface area contributed by atoms with Crippen LogP contribution in [-0.4, -0.2) is 51.6 Å². The first-order valence-corrected chi connectivity index (χ1v) is 14.7. The number of allylic oxidation sites excluding steroid dienone is 1. The molecule has 10 nitrogen and oxygen atoms in total. The van der Waals surface area contributed by atoms with Crippen molar-refractivity contribution in [3.8, 4) is 5.75 Å². The fourth-order valence-corrected chi connectivity index (χ4v) is 5.55. The van der Waals surface area contributed by atoms with Gasteiger partial charge in [0.25, 0.3) is 0 Å². The number of carbonyl (C=O) groups is 3. The molecule has 12 heteroatoms. The van der Waals surface area contributed by atoms with Crippen LogP contribution < -0.4 is 10.1 Å². The highest BCUT2D eigenvalue weighted by Crippen LogP contribution is 2.34. The first-order valence-electron chi connectivity index (χ1n) is 12.9. The third-order valence-corrected chi connectivity index (χ3v) is 7.85. The molecule has 214 valence electrons. The van der Waals surface area contributed by atoms with Gasteiger partial charge in [-0.25, -0.2) is 9.59 Å². The smallest absolute Gasteiger partial charge is 0.348 e. The molecular weight excluding hydrogens is 552 g/mol. The second-order valence-corrected chi connectivity index (χ2v) is 10.8. The predicted octanol–water partition coefficient (Wildman–Crippen LogP) is 5.62. The molecule has 0 radical (unpaired) electrons. The highest BCUT2D eigenvalue weighted by Gasteiger charge is 2.27. The van der Waals surface area contributed by atoms with Gasteiger partial charge in [-0.3, -0.25) is 9.36 Å². The second kappa shape index (κ2) is 14.7. The van der Waals surface area contributed by atoms with Crippen LogP contribution in [0, 0.1) is 6.92 Å². The first-order chi connectivity index (χ1) is 19.2. The van der Waals surface area contributed by atoms with Crippen molar-refractivity contribution in [2.75, 3.05) is 24.3 Å². The lowest BCUT2D eigenvalue weighted by atomic mass is 10.0. The van der Waals surface area contributed by atoms with Crippen molar-refractivity contribution in [1.29, 1.82) is 0 Å². The van der Waals surface area contributed by atoms with Crippen LogP contribution in [0.3, 0.4) is 0 Å². The number of hydrogen-bond acceptors (Lipinski definition) is 10. The molecule has 0 bridgehead atoms. The molecule has 2 heterocycles. The zero-order chi connectivity index (χ0) is 29.2. The predicted molar refractivity (Wildman–Crippen MR) is 155 cm³/mol. The summed E-state index contributed by atoms with van der Waals surface area (Å²) in [6.45, 7) is 14.0. The fraction of sp³-hybridized carbons (Fsp3) is 0.393. The maximum Gasteiger partial charge on any atom is 0.348 e. The number of carbonyl (C=O) groups excluding carboxylic acids is 3. The molecule has 1 amide bonds. The van der Waals surface area contributed by atoms with Crippen molar-refractivity contribution in [3.63, 3.8) is 0 Å². The van der Waals surface area contributed by atoms with Crippen LogP contribution in [0.2, 0.25) is 0 Å². The molecule has 0 aliphatic carbocycles. The number of amides is 1. The lowest BCUT2D eigenvalue weighted by Gasteiger charge is -2.10. The Morgan fingerprint density at radius 1 is 1.10 bits per heavy atom. The normalized spacial score (nSPS) is 10.8. The van der Waals surface area contributed by atoms with Crippen molar-refractivity contribution in [3.05, 3.63) is 64.3 Å². The molecule has 3 rings (SSSR count). The number of rotatable bonds is 14. The summed E-state index contributed by atoms with van der Waals surface area (Å²) >= 11 is 2.16. The first kappa shape index (κ1) is 30.9. The van der Waals surface area contributed by atoms with Crippen molar-refractivity contribution < 1.29 is 28.6 Å². The minimum absolute atomic E-state index is 0.0131. The van der Waals surface area contributed by atoms with Gasteiger partial charge >= 0.3 is 11.9 Å². The van der Waals surface area contributed by atoms with Gasteiger partial charge in [-0.05, 0) is 49.9 Å². The van der Waals surface area contributed by atoms with Gasteiger partial charge in [-0.15, -0.1) is 28.1 Å². The van der Waals surface area contributed by atoms with Gasteiger partial charge in [0.15, 0.2) is 11.0 Å². The number of aromatic nitrogens is 3. The SMILES string of the molecule is C=CCn1c(COc2ccc(C(C)C)cc2)nnc1SCC(=O)Nc1sc(C(=O)OCC)c(C)c1C(=O)OCC. The largest absolute Gasteiger partial charge is 0.486 e. The third-order valence-electron chi connectivity index (χ3n) is 5.69. The molecule has 0 atom stereocenters. The van der Waals surface area contributed by atoms with Crippen molar-refractivity contribution in [2.45, 2.75) is 58.8 Å². The summed E-state index contributed by atoms with van der Waals surface area (Å²) in [7, 11) is 0. The van der Waals surface area contributed by atoms with Gasteiger partial charge in [0.1, 0.15) is 22.2 Å². The molecule has 0 aliphatic rings. The van der Waals surface area contributed by atoms with E-state index in [0.717, 1.165) is 17.1 Å². The molecule has 3 aromatic rings. The second-order valence-electron chi connectivity index (χ2n) is 8.85. The Hall–Kier alpha value is -3.64. The number of anilines is 1. The quantitative estimate of drug-likeness (QED) is 0.146. The zero-order valence-electron chi connectivity index (χ0n) is 23.3. The number of esters is 2. The van der Waals surface area contributed by atoms with E-state index in [1.807, 2.05) is 28.8 Å². The molecule has 0 spiro atoms. The zero-order valence-corrected chi connectivity index (χ0v) is 24.9. The number of nitrogens with one attached hydrogen (secondary N) is 1. The minimum atomic E-state index is -0.621. The van der Waals surface area contributed by atoms with Crippen LogP contribution in [-0.2, 0) is 27.4 Å². The summed E-state index contributed by atoms with van der Waals surface area (Å²) in [6.07, 6.45) is 1.71. The Bertz CT molecular complexity index is 1350. The Morgan fingerprint density at radius 3 is 2.40 bits per heavy atom. The third kappa shape index (κ3) is 7.72. The Balaban J connectivity index is 1.70. The topological polar surface area (TPSA) is 122 Å². The van der Waals surface area contributed by atoms with Gasteiger partial charge in [-0.1, -0.05) is 43.8 Å². The minimum Gasteiger partial charge on any atom is -0.486 e.